The van der Waals surface area contributed by atoms with Crippen LogP contribution in [0, 0.1) is 6.92 Å². The standard InChI is InChI=1S/C17H19Cl2N3O/c1-12-15(17(23)21-9-5-2-6-10-21)16(19)22(20-12)11-13-7-3-4-8-14(13)18/h3-4,7-8H,2,5-6,9-11H2,1H3. The molecule has 0 N–H and O–H groups in total. The van der Waals surface area contributed by atoms with Crippen molar-refractivity contribution in [2.45, 2.75) is 32.7 Å². The van der Waals surface area contributed by atoms with Gasteiger partial charge in [0.05, 0.1) is 17.8 Å². The minimum atomic E-state index is -0.0161. The quantitative estimate of drug-likeness (QED) is 0.831. The molecule has 0 radical (unpaired) electrons. The van der Waals surface area contributed by atoms with Gasteiger partial charge in [0.2, 0.25) is 0 Å². The van der Waals surface area contributed by atoms with Gasteiger partial charge in [0.1, 0.15) is 5.15 Å². The van der Waals surface area contributed by atoms with Crippen molar-refractivity contribution < 1.29 is 4.79 Å². The molecule has 1 saturated heterocycles. The Morgan fingerprint density at radius 2 is 1.87 bits per heavy atom. The van der Waals surface area contributed by atoms with E-state index in [0.29, 0.717) is 28.0 Å². The zero-order chi connectivity index (χ0) is 16.4. The highest BCUT2D eigenvalue weighted by atomic mass is 35.5. The van der Waals surface area contributed by atoms with E-state index in [0.717, 1.165) is 31.5 Å². The lowest BCUT2D eigenvalue weighted by Crippen LogP contribution is -2.35. The van der Waals surface area contributed by atoms with Gasteiger partial charge in [0.25, 0.3) is 5.91 Å². The molecule has 0 spiro atoms. The normalized spacial score (nSPS) is 15.0. The van der Waals surface area contributed by atoms with Crippen molar-refractivity contribution in [2.75, 3.05) is 13.1 Å². The van der Waals surface area contributed by atoms with Crippen LogP contribution in [-0.4, -0.2) is 33.7 Å². The van der Waals surface area contributed by atoms with E-state index in [2.05, 4.69) is 5.10 Å². The molecule has 0 saturated carbocycles. The summed E-state index contributed by atoms with van der Waals surface area (Å²) in [5, 5.41) is 5.50. The first-order valence-corrected chi connectivity index (χ1v) is 8.59. The van der Waals surface area contributed by atoms with Crippen molar-refractivity contribution in [1.82, 2.24) is 14.7 Å². The molecule has 2 heterocycles. The number of carbonyl (C=O) groups is 1. The Morgan fingerprint density at radius 1 is 1.17 bits per heavy atom. The predicted octanol–water partition coefficient (Wildman–Crippen LogP) is 4.17. The summed E-state index contributed by atoms with van der Waals surface area (Å²) >= 11 is 12.7. The summed E-state index contributed by atoms with van der Waals surface area (Å²) in [7, 11) is 0. The van der Waals surface area contributed by atoms with E-state index in [1.165, 1.54) is 6.42 Å². The van der Waals surface area contributed by atoms with Crippen molar-refractivity contribution in [1.29, 1.82) is 0 Å². The van der Waals surface area contributed by atoms with Crippen LogP contribution in [0.1, 0.15) is 40.9 Å². The molecule has 1 amide bonds. The van der Waals surface area contributed by atoms with E-state index < -0.39 is 0 Å². The lowest BCUT2D eigenvalue weighted by molar-refractivity contribution is 0.0723. The monoisotopic (exact) mass is 351 g/mol. The van der Waals surface area contributed by atoms with Gasteiger partial charge in [0.15, 0.2) is 0 Å². The Morgan fingerprint density at radius 3 is 2.57 bits per heavy atom. The molecule has 2 aromatic rings. The number of aromatic nitrogens is 2. The molecule has 1 aliphatic heterocycles. The average Bonchev–Trinajstić information content (AvgIpc) is 2.84. The second kappa shape index (κ2) is 6.93. The number of carbonyl (C=O) groups excluding carboxylic acids is 1. The third-order valence-electron chi connectivity index (χ3n) is 4.20. The van der Waals surface area contributed by atoms with E-state index in [1.807, 2.05) is 36.1 Å². The molecule has 6 heteroatoms. The van der Waals surface area contributed by atoms with Crippen LogP contribution in [0.5, 0.6) is 0 Å². The number of likely N-dealkylation sites (tertiary alicyclic amines) is 1. The van der Waals surface area contributed by atoms with E-state index >= 15 is 0 Å². The molecule has 1 aromatic carbocycles. The largest absolute Gasteiger partial charge is 0.338 e. The zero-order valence-corrected chi connectivity index (χ0v) is 14.6. The molecule has 23 heavy (non-hydrogen) atoms. The summed E-state index contributed by atoms with van der Waals surface area (Å²) in [6.45, 7) is 3.87. The third-order valence-corrected chi connectivity index (χ3v) is 4.95. The summed E-state index contributed by atoms with van der Waals surface area (Å²) in [6, 6.07) is 7.57. The summed E-state index contributed by atoms with van der Waals surface area (Å²) in [6.07, 6.45) is 3.29. The van der Waals surface area contributed by atoms with Gasteiger partial charge in [0, 0.05) is 18.1 Å². The number of hydrogen-bond acceptors (Lipinski definition) is 2. The first-order valence-electron chi connectivity index (χ1n) is 7.83. The lowest BCUT2D eigenvalue weighted by atomic mass is 10.1. The fourth-order valence-corrected chi connectivity index (χ4v) is 3.45. The molecule has 4 nitrogen and oxygen atoms in total. The van der Waals surface area contributed by atoms with Crippen molar-refractivity contribution in [2.24, 2.45) is 0 Å². The van der Waals surface area contributed by atoms with Crippen molar-refractivity contribution in [3.8, 4) is 0 Å². The molecule has 0 aliphatic carbocycles. The highest BCUT2D eigenvalue weighted by molar-refractivity contribution is 6.33. The number of piperidine rings is 1. The maximum atomic E-state index is 12.7. The Balaban J connectivity index is 1.87. The third kappa shape index (κ3) is 3.38. The summed E-state index contributed by atoms with van der Waals surface area (Å²) < 4.78 is 1.65. The Bertz CT molecular complexity index is 721. The average molecular weight is 352 g/mol. The van der Waals surface area contributed by atoms with Gasteiger partial charge in [-0.05, 0) is 37.8 Å². The van der Waals surface area contributed by atoms with E-state index in [4.69, 9.17) is 23.2 Å². The van der Waals surface area contributed by atoms with Gasteiger partial charge < -0.3 is 4.90 Å². The predicted molar refractivity (Wildman–Crippen MR) is 92.3 cm³/mol. The van der Waals surface area contributed by atoms with Crippen LogP contribution in [0.3, 0.4) is 0 Å². The van der Waals surface area contributed by atoms with Crippen molar-refractivity contribution >= 4 is 29.1 Å². The van der Waals surface area contributed by atoms with Crippen molar-refractivity contribution in [3.05, 3.63) is 51.3 Å². The van der Waals surface area contributed by atoms with E-state index in [9.17, 15) is 4.79 Å². The summed E-state index contributed by atoms with van der Waals surface area (Å²) in [5.74, 6) is -0.0161. The van der Waals surface area contributed by atoms with E-state index in [1.54, 1.807) is 4.68 Å². The van der Waals surface area contributed by atoms with Gasteiger partial charge in [-0.25, -0.2) is 4.68 Å². The van der Waals surface area contributed by atoms with Gasteiger partial charge in [-0.2, -0.15) is 5.10 Å². The maximum Gasteiger partial charge on any atom is 0.258 e. The van der Waals surface area contributed by atoms with Crippen LogP contribution in [0.15, 0.2) is 24.3 Å². The smallest absolute Gasteiger partial charge is 0.258 e. The molecular weight excluding hydrogens is 333 g/mol. The van der Waals surface area contributed by atoms with E-state index in [-0.39, 0.29) is 5.91 Å². The number of rotatable bonds is 3. The number of hydrogen-bond donors (Lipinski definition) is 0. The SMILES string of the molecule is Cc1nn(Cc2ccccc2Cl)c(Cl)c1C(=O)N1CCCCC1. The minimum Gasteiger partial charge on any atom is -0.338 e. The molecule has 1 fully saturated rings. The minimum absolute atomic E-state index is 0.0161. The molecule has 0 atom stereocenters. The van der Waals surface area contributed by atoms with Crippen LogP contribution >= 0.6 is 23.2 Å². The number of benzene rings is 1. The van der Waals surface area contributed by atoms with Crippen LogP contribution in [0.2, 0.25) is 10.2 Å². The number of halogens is 2. The summed E-state index contributed by atoms with van der Waals surface area (Å²) in [5.41, 5.74) is 2.11. The lowest BCUT2D eigenvalue weighted by Gasteiger charge is -2.26. The van der Waals surface area contributed by atoms with Crippen LogP contribution in [0.25, 0.3) is 0 Å². The molecule has 0 bridgehead atoms. The molecule has 122 valence electrons. The molecular formula is C17H19Cl2N3O. The van der Waals surface area contributed by atoms with Crippen LogP contribution in [-0.2, 0) is 6.54 Å². The highest BCUT2D eigenvalue weighted by Crippen LogP contribution is 2.25. The number of aryl methyl sites for hydroxylation is 1. The fourth-order valence-electron chi connectivity index (χ4n) is 2.94. The molecule has 0 unspecified atom stereocenters. The Labute approximate surface area is 146 Å². The van der Waals surface area contributed by atoms with Crippen LogP contribution in [0.4, 0.5) is 0 Å². The molecule has 1 aromatic heterocycles. The Hall–Kier alpha value is -1.52. The van der Waals surface area contributed by atoms with Gasteiger partial charge in [-0.1, -0.05) is 41.4 Å². The van der Waals surface area contributed by atoms with Gasteiger partial charge >= 0.3 is 0 Å². The van der Waals surface area contributed by atoms with Crippen molar-refractivity contribution in [3.63, 3.8) is 0 Å². The summed E-state index contributed by atoms with van der Waals surface area (Å²) in [4.78, 5) is 14.6. The Kier molecular flexibility index (Phi) is 4.93. The van der Waals surface area contributed by atoms with Gasteiger partial charge in [-0.3, -0.25) is 4.79 Å². The molecule has 1 aliphatic rings. The first kappa shape index (κ1) is 16.3. The zero-order valence-electron chi connectivity index (χ0n) is 13.1. The topological polar surface area (TPSA) is 38.1 Å². The van der Waals surface area contributed by atoms with Gasteiger partial charge in [-0.15, -0.1) is 0 Å². The second-order valence-electron chi connectivity index (χ2n) is 5.85. The number of amides is 1. The molecule has 3 rings (SSSR count). The van der Waals surface area contributed by atoms with Crippen LogP contribution < -0.4 is 0 Å². The highest BCUT2D eigenvalue weighted by Gasteiger charge is 2.26. The fraction of sp³-hybridized carbons (Fsp3) is 0.412. The first-order chi connectivity index (χ1) is 11.1. The number of nitrogens with zero attached hydrogens (tertiary/aromatic N) is 3. The second-order valence-corrected chi connectivity index (χ2v) is 6.62. The maximum absolute atomic E-state index is 12.7.